The highest BCUT2D eigenvalue weighted by Gasteiger charge is 2.22. The zero-order valence-electron chi connectivity index (χ0n) is 15.2. The van der Waals surface area contributed by atoms with Crippen molar-refractivity contribution in [3.63, 3.8) is 0 Å². The van der Waals surface area contributed by atoms with Gasteiger partial charge in [0.15, 0.2) is 0 Å². The van der Waals surface area contributed by atoms with Crippen LogP contribution >= 0.6 is 0 Å². The van der Waals surface area contributed by atoms with E-state index in [1.54, 1.807) is 0 Å². The Morgan fingerprint density at radius 3 is 0.714 bits per heavy atom. The molecule has 5 rings (SSSR count). The third-order valence-corrected chi connectivity index (χ3v) is 5.34. The zero-order chi connectivity index (χ0) is 19.4. The van der Waals surface area contributed by atoms with Crippen LogP contribution in [-0.2, 0) is 0 Å². The number of anilines is 4. The Kier molecular flexibility index (Phi) is 3.36. The first kappa shape index (κ1) is 16.3. The Labute approximate surface area is 163 Å². The lowest BCUT2D eigenvalue weighted by molar-refractivity contribution is 1.52. The van der Waals surface area contributed by atoms with Crippen molar-refractivity contribution in [3.05, 3.63) is 72.8 Å². The molecule has 0 fully saturated rings. The second-order valence-corrected chi connectivity index (χ2v) is 7.22. The minimum absolute atomic E-state index is 0.710. The van der Waals surface area contributed by atoms with Crippen LogP contribution in [0, 0.1) is 0 Å². The molecule has 0 spiro atoms. The lowest BCUT2D eigenvalue weighted by Crippen LogP contribution is -2.00. The molecule has 1 aliphatic rings. The minimum Gasteiger partial charge on any atom is -0.399 e. The zero-order valence-corrected chi connectivity index (χ0v) is 15.2. The van der Waals surface area contributed by atoms with Gasteiger partial charge in [-0.2, -0.15) is 0 Å². The standard InChI is InChI=1S/C24H20N4/c25-13-1-5-17-18-6-2-14(26)10-22(18)24-12-16(28)4-8-20(24)19-7-3-15(27)11-23(19)21(17)9-13/h1-12H,25-28H2. The molecule has 0 amide bonds. The number of fused-ring (bicyclic) bond motifs is 8. The summed E-state index contributed by atoms with van der Waals surface area (Å²) in [6, 6.07) is 24.0. The quantitative estimate of drug-likeness (QED) is 0.290. The van der Waals surface area contributed by atoms with E-state index >= 15 is 0 Å². The van der Waals surface area contributed by atoms with Crippen LogP contribution in [0.25, 0.3) is 44.5 Å². The molecule has 0 saturated heterocycles. The maximum Gasteiger partial charge on any atom is 0.0320 e. The third-order valence-electron chi connectivity index (χ3n) is 5.34. The van der Waals surface area contributed by atoms with Crippen molar-refractivity contribution < 1.29 is 0 Å². The third kappa shape index (κ3) is 2.39. The predicted molar refractivity (Wildman–Crippen MR) is 119 cm³/mol. The predicted octanol–water partition coefficient (Wildman–Crippen LogP) is 5.00. The first-order valence-electron chi connectivity index (χ1n) is 9.11. The van der Waals surface area contributed by atoms with Gasteiger partial charge >= 0.3 is 0 Å². The molecular formula is C24H20N4. The molecular weight excluding hydrogens is 344 g/mol. The molecule has 4 aromatic carbocycles. The highest BCUT2D eigenvalue weighted by Crippen LogP contribution is 2.49. The van der Waals surface area contributed by atoms with Gasteiger partial charge in [-0.05, 0) is 93.0 Å². The summed E-state index contributed by atoms with van der Waals surface area (Å²) in [5.41, 5.74) is 36.0. The molecule has 4 aromatic rings. The van der Waals surface area contributed by atoms with Gasteiger partial charge in [0.25, 0.3) is 0 Å². The fourth-order valence-corrected chi connectivity index (χ4v) is 4.08. The van der Waals surface area contributed by atoms with Crippen molar-refractivity contribution in [1.29, 1.82) is 0 Å². The van der Waals surface area contributed by atoms with Crippen LogP contribution in [0.15, 0.2) is 72.8 Å². The van der Waals surface area contributed by atoms with Crippen molar-refractivity contribution in [1.82, 2.24) is 0 Å². The van der Waals surface area contributed by atoms with Gasteiger partial charge in [-0.15, -0.1) is 0 Å². The molecule has 0 aliphatic heterocycles. The van der Waals surface area contributed by atoms with Gasteiger partial charge in [0, 0.05) is 22.7 Å². The number of hydrogen-bond donors (Lipinski definition) is 4. The fraction of sp³-hybridized carbons (Fsp3) is 0. The van der Waals surface area contributed by atoms with E-state index in [0.29, 0.717) is 22.7 Å². The van der Waals surface area contributed by atoms with Crippen molar-refractivity contribution in [2.24, 2.45) is 0 Å². The fourth-order valence-electron chi connectivity index (χ4n) is 4.08. The van der Waals surface area contributed by atoms with Crippen molar-refractivity contribution in [2.45, 2.75) is 0 Å². The maximum atomic E-state index is 6.16. The molecule has 0 aromatic heterocycles. The van der Waals surface area contributed by atoms with E-state index in [2.05, 4.69) is 24.3 Å². The molecule has 0 radical (unpaired) electrons. The van der Waals surface area contributed by atoms with Gasteiger partial charge in [0.05, 0.1) is 0 Å². The van der Waals surface area contributed by atoms with Gasteiger partial charge in [0.2, 0.25) is 0 Å². The maximum absolute atomic E-state index is 6.16. The monoisotopic (exact) mass is 364 g/mol. The second-order valence-electron chi connectivity index (χ2n) is 7.22. The number of nitrogen functional groups attached to an aromatic ring is 4. The molecule has 0 bridgehead atoms. The number of nitrogens with two attached hydrogens (primary N) is 4. The van der Waals surface area contributed by atoms with E-state index in [9.17, 15) is 0 Å². The summed E-state index contributed by atoms with van der Waals surface area (Å²) in [5.74, 6) is 0. The van der Waals surface area contributed by atoms with Crippen molar-refractivity contribution in [3.8, 4) is 44.5 Å². The van der Waals surface area contributed by atoms with Crippen LogP contribution in [0.4, 0.5) is 22.7 Å². The van der Waals surface area contributed by atoms with E-state index < -0.39 is 0 Å². The highest BCUT2D eigenvalue weighted by atomic mass is 14.6. The van der Waals surface area contributed by atoms with E-state index in [0.717, 1.165) is 44.5 Å². The largest absolute Gasteiger partial charge is 0.399 e. The first-order chi connectivity index (χ1) is 13.5. The molecule has 4 nitrogen and oxygen atoms in total. The Morgan fingerprint density at radius 2 is 0.500 bits per heavy atom. The SMILES string of the molecule is Nc1ccc2c(c1)-c1cc(N)ccc1-c1ccc(N)cc1-c1cc(N)ccc1-2. The summed E-state index contributed by atoms with van der Waals surface area (Å²) in [4.78, 5) is 0. The van der Waals surface area contributed by atoms with Gasteiger partial charge in [-0.3, -0.25) is 0 Å². The summed E-state index contributed by atoms with van der Waals surface area (Å²) < 4.78 is 0. The molecule has 4 heteroatoms. The average molecular weight is 364 g/mol. The van der Waals surface area contributed by atoms with Crippen LogP contribution in [0.2, 0.25) is 0 Å². The highest BCUT2D eigenvalue weighted by molar-refractivity contribution is 6.05. The summed E-state index contributed by atoms with van der Waals surface area (Å²) in [6.07, 6.45) is 0. The molecule has 136 valence electrons. The smallest absolute Gasteiger partial charge is 0.0320 e. The molecule has 0 unspecified atom stereocenters. The van der Waals surface area contributed by atoms with Crippen molar-refractivity contribution >= 4 is 22.7 Å². The lowest BCUT2D eigenvalue weighted by Gasteiger charge is -2.24. The minimum atomic E-state index is 0.710. The van der Waals surface area contributed by atoms with Gasteiger partial charge in [-0.1, -0.05) is 24.3 Å². The lowest BCUT2D eigenvalue weighted by atomic mass is 9.80. The summed E-state index contributed by atoms with van der Waals surface area (Å²) in [5, 5.41) is 0. The normalized spacial score (nSPS) is 11.4. The molecule has 0 heterocycles. The van der Waals surface area contributed by atoms with Crippen LogP contribution in [-0.4, -0.2) is 0 Å². The van der Waals surface area contributed by atoms with Crippen LogP contribution in [0.5, 0.6) is 0 Å². The molecule has 8 N–H and O–H groups in total. The Balaban J connectivity index is 2.01. The average Bonchev–Trinajstić information content (AvgIpc) is 2.67. The van der Waals surface area contributed by atoms with E-state index in [1.165, 1.54) is 0 Å². The molecule has 0 atom stereocenters. The van der Waals surface area contributed by atoms with Gasteiger partial charge < -0.3 is 22.9 Å². The molecule has 0 saturated carbocycles. The first-order valence-corrected chi connectivity index (χ1v) is 9.11. The number of rotatable bonds is 0. The Bertz CT molecular complexity index is 1060. The summed E-state index contributed by atoms with van der Waals surface area (Å²) >= 11 is 0. The van der Waals surface area contributed by atoms with Crippen LogP contribution in [0.1, 0.15) is 0 Å². The molecule has 1 aliphatic carbocycles. The van der Waals surface area contributed by atoms with E-state index in [-0.39, 0.29) is 0 Å². The number of hydrogen-bond acceptors (Lipinski definition) is 4. The van der Waals surface area contributed by atoms with Crippen LogP contribution in [0.3, 0.4) is 0 Å². The van der Waals surface area contributed by atoms with E-state index in [1.807, 2.05) is 48.5 Å². The number of benzene rings is 4. The van der Waals surface area contributed by atoms with Crippen molar-refractivity contribution in [2.75, 3.05) is 22.9 Å². The summed E-state index contributed by atoms with van der Waals surface area (Å²) in [6.45, 7) is 0. The topological polar surface area (TPSA) is 104 Å². The Hall–Kier alpha value is -3.92. The second kappa shape index (κ2) is 5.79. The van der Waals surface area contributed by atoms with Gasteiger partial charge in [-0.25, -0.2) is 0 Å². The van der Waals surface area contributed by atoms with E-state index in [4.69, 9.17) is 22.9 Å². The van der Waals surface area contributed by atoms with Crippen LogP contribution < -0.4 is 22.9 Å². The Morgan fingerprint density at radius 1 is 0.286 bits per heavy atom. The molecule has 28 heavy (non-hydrogen) atoms. The van der Waals surface area contributed by atoms with Gasteiger partial charge in [0.1, 0.15) is 0 Å². The summed E-state index contributed by atoms with van der Waals surface area (Å²) in [7, 11) is 0.